The average Bonchev–Trinajstić information content (AvgIpc) is 3.55. The number of hydrogen-bond donors (Lipinski definition) is 1. The highest BCUT2D eigenvalue weighted by Gasteiger charge is 2.46. The van der Waals surface area contributed by atoms with Gasteiger partial charge in [0.15, 0.2) is 0 Å². The van der Waals surface area contributed by atoms with Gasteiger partial charge in [-0.25, -0.2) is 0 Å². The van der Waals surface area contributed by atoms with E-state index in [1.807, 2.05) is 37.3 Å². The summed E-state index contributed by atoms with van der Waals surface area (Å²) in [6.45, 7) is 2.35. The van der Waals surface area contributed by atoms with E-state index in [9.17, 15) is 14.7 Å². The first-order valence-electron chi connectivity index (χ1n) is 12.2. The second-order valence-electron chi connectivity index (χ2n) is 9.03. The summed E-state index contributed by atoms with van der Waals surface area (Å²) in [5.74, 6) is 0.124. The molecule has 5 rings (SSSR count). The van der Waals surface area contributed by atoms with Crippen LogP contribution in [-0.4, -0.2) is 28.8 Å². The van der Waals surface area contributed by atoms with Crippen molar-refractivity contribution in [1.29, 1.82) is 0 Å². The molecule has 0 spiro atoms. The van der Waals surface area contributed by atoms with Crippen molar-refractivity contribution >= 4 is 17.4 Å². The van der Waals surface area contributed by atoms with Crippen molar-refractivity contribution in [1.82, 2.24) is 4.90 Å². The molecule has 4 aromatic rings. The quantitative estimate of drug-likeness (QED) is 0.184. The molecule has 1 amide bonds. The van der Waals surface area contributed by atoms with Gasteiger partial charge in [0.1, 0.15) is 29.6 Å². The van der Waals surface area contributed by atoms with Gasteiger partial charge in [0.2, 0.25) is 0 Å². The minimum atomic E-state index is -0.805. The summed E-state index contributed by atoms with van der Waals surface area (Å²) < 4.78 is 16.7. The fourth-order valence-electron chi connectivity index (χ4n) is 4.60. The van der Waals surface area contributed by atoms with E-state index in [0.29, 0.717) is 35.0 Å². The number of methoxy groups -OCH3 is 1. The van der Waals surface area contributed by atoms with Crippen LogP contribution in [0, 0.1) is 6.92 Å². The molecule has 0 radical (unpaired) electrons. The van der Waals surface area contributed by atoms with E-state index in [1.54, 1.807) is 61.7 Å². The molecule has 2 heterocycles. The topological polar surface area (TPSA) is 89.2 Å². The Morgan fingerprint density at radius 3 is 2.39 bits per heavy atom. The Labute approximate surface area is 220 Å². The van der Waals surface area contributed by atoms with Crippen molar-refractivity contribution in [3.05, 3.63) is 125 Å². The zero-order valence-corrected chi connectivity index (χ0v) is 21.1. The minimum absolute atomic E-state index is 0.0177. The summed E-state index contributed by atoms with van der Waals surface area (Å²) in [5.41, 5.74) is 2.93. The lowest BCUT2D eigenvalue weighted by Crippen LogP contribution is -2.29. The van der Waals surface area contributed by atoms with E-state index < -0.39 is 17.7 Å². The number of furan rings is 1. The van der Waals surface area contributed by atoms with E-state index in [4.69, 9.17) is 13.9 Å². The maximum Gasteiger partial charge on any atom is 0.296 e. The first-order valence-corrected chi connectivity index (χ1v) is 12.2. The second kappa shape index (κ2) is 10.7. The largest absolute Gasteiger partial charge is 0.507 e. The number of carbonyl (C=O) groups excluding carboxylic acids is 2. The maximum absolute atomic E-state index is 13.3. The first-order chi connectivity index (χ1) is 18.5. The number of rotatable bonds is 8. The molecule has 7 nitrogen and oxygen atoms in total. The number of aliphatic hydroxyl groups excluding tert-OH is 1. The van der Waals surface area contributed by atoms with Gasteiger partial charge in [-0.3, -0.25) is 9.59 Å². The molecule has 192 valence electrons. The number of ether oxygens (including phenoxy) is 2. The first kappa shape index (κ1) is 24.9. The Morgan fingerprint density at radius 1 is 0.974 bits per heavy atom. The lowest BCUT2D eigenvalue weighted by atomic mass is 9.94. The predicted octanol–water partition coefficient (Wildman–Crippen LogP) is 5.80. The lowest BCUT2D eigenvalue weighted by molar-refractivity contribution is -0.140. The van der Waals surface area contributed by atoms with Crippen molar-refractivity contribution in [2.75, 3.05) is 7.11 Å². The molecular weight excluding hydrogens is 482 g/mol. The molecule has 1 saturated heterocycles. The third kappa shape index (κ3) is 4.91. The summed E-state index contributed by atoms with van der Waals surface area (Å²) >= 11 is 0. The fourth-order valence-corrected chi connectivity index (χ4v) is 4.60. The van der Waals surface area contributed by atoms with Gasteiger partial charge in [0.25, 0.3) is 11.7 Å². The fraction of sp³-hybridized carbons (Fsp3) is 0.161. The highest BCUT2D eigenvalue weighted by Crippen LogP contribution is 2.41. The van der Waals surface area contributed by atoms with Gasteiger partial charge < -0.3 is 23.9 Å². The lowest BCUT2D eigenvalue weighted by Gasteiger charge is -2.24. The van der Waals surface area contributed by atoms with Crippen LogP contribution in [0.15, 0.2) is 101 Å². The van der Waals surface area contributed by atoms with Crippen LogP contribution in [-0.2, 0) is 22.7 Å². The van der Waals surface area contributed by atoms with E-state index in [0.717, 1.165) is 11.1 Å². The van der Waals surface area contributed by atoms with E-state index in [-0.39, 0.29) is 17.9 Å². The molecule has 0 aliphatic carbocycles. The summed E-state index contributed by atoms with van der Waals surface area (Å²) in [5, 5.41) is 11.4. The number of aliphatic hydroxyl groups is 1. The molecule has 3 aromatic carbocycles. The van der Waals surface area contributed by atoms with Crippen LogP contribution < -0.4 is 9.47 Å². The van der Waals surface area contributed by atoms with Gasteiger partial charge >= 0.3 is 0 Å². The number of amides is 1. The van der Waals surface area contributed by atoms with Crippen molar-refractivity contribution in [3.63, 3.8) is 0 Å². The third-order valence-corrected chi connectivity index (χ3v) is 6.56. The monoisotopic (exact) mass is 509 g/mol. The van der Waals surface area contributed by atoms with Crippen LogP contribution in [0.25, 0.3) is 5.76 Å². The molecule has 0 bridgehead atoms. The van der Waals surface area contributed by atoms with Gasteiger partial charge in [0, 0.05) is 5.56 Å². The highest BCUT2D eigenvalue weighted by atomic mass is 16.5. The van der Waals surface area contributed by atoms with E-state index >= 15 is 0 Å². The van der Waals surface area contributed by atoms with Crippen LogP contribution >= 0.6 is 0 Å². The number of aryl methyl sites for hydroxylation is 1. The predicted molar refractivity (Wildman–Crippen MR) is 142 cm³/mol. The standard InChI is InChI=1S/C31H27NO6/c1-20-17-23(12-15-26(20)38-19-21-7-4-3-5-8-21)29(33)27-28(22-10-13-24(36-2)14-11-22)32(31(35)30(27)34)18-25-9-6-16-37-25/h3-17,28,33H,18-19H2,1-2H3/b29-27-. The van der Waals surface area contributed by atoms with Crippen LogP contribution in [0.4, 0.5) is 0 Å². The molecule has 0 saturated carbocycles. The smallest absolute Gasteiger partial charge is 0.296 e. The van der Waals surface area contributed by atoms with Crippen molar-refractivity contribution in [2.45, 2.75) is 26.1 Å². The van der Waals surface area contributed by atoms with E-state index in [1.165, 1.54) is 11.2 Å². The Kier molecular flexibility index (Phi) is 7.00. The number of nitrogens with zero attached hydrogens (tertiary/aromatic N) is 1. The highest BCUT2D eigenvalue weighted by molar-refractivity contribution is 6.46. The molecule has 1 N–H and O–H groups in total. The summed E-state index contributed by atoms with van der Waals surface area (Å²) in [7, 11) is 1.56. The number of likely N-dealkylation sites (tertiary alicyclic amines) is 1. The molecule has 1 atom stereocenters. The summed E-state index contributed by atoms with van der Waals surface area (Å²) in [6, 6.07) is 24.7. The maximum atomic E-state index is 13.3. The van der Waals surface area contributed by atoms with Crippen LogP contribution in [0.5, 0.6) is 11.5 Å². The molecular formula is C31H27NO6. The molecule has 1 aliphatic rings. The van der Waals surface area contributed by atoms with Crippen molar-refractivity contribution in [2.24, 2.45) is 0 Å². The van der Waals surface area contributed by atoms with Gasteiger partial charge in [0.05, 0.1) is 31.5 Å². The zero-order valence-electron chi connectivity index (χ0n) is 21.1. The Hall–Kier alpha value is -4.78. The summed E-state index contributed by atoms with van der Waals surface area (Å²) in [6.07, 6.45) is 1.51. The Bertz CT molecular complexity index is 1470. The second-order valence-corrected chi connectivity index (χ2v) is 9.03. The Balaban J connectivity index is 1.51. The van der Waals surface area contributed by atoms with Crippen molar-refractivity contribution < 1.29 is 28.6 Å². The molecule has 38 heavy (non-hydrogen) atoms. The number of benzene rings is 3. The number of carbonyl (C=O) groups is 2. The van der Waals surface area contributed by atoms with Gasteiger partial charge in [-0.2, -0.15) is 0 Å². The van der Waals surface area contributed by atoms with Gasteiger partial charge in [-0.1, -0.05) is 42.5 Å². The van der Waals surface area contributed by atoms with Crippen LogP contribution in [0.3, 0.4) is 0 Å². The Morgan fingerprint density at radius 2 is 1.74 bits per heavy atom. The average molecular weight is 510 g/mol. The number of Topliss-reactive ketones (excluding diaryl/α,β-unsaturated/α-hetero) is 1. The molecule has 1 aliphatic heterocycles. The van der Waals surface area contributed by atoms with Gasteiger partial charge in [-0.15, -0.1) is 0 Å². The summed E-state index contributed by atoms with van der Waals surface area (Å²) in [4.78, 5) is 27.9. The SMILES string of the molecule is COc1ccc(C2/C(=C(/O)c3ccc(OCc4ccccc4)c(C)c3)C(=O)C(=O)N2Cc2ccco2)cc1. The number of hydrogen-bond acceptors (Lipinski definition) is 6. The normalized spacial score (nSPS) is 16.6. The third-order valence-electron chi connectivity index (χ3n) is 6.56. The van der Waals surface area contributed by atoms with Gasteiger partial charge in [-0.05, 0) is 66.1 Å². The molecule has 7 heteroatoms. The molecule has 1 aromatic heterocycles. The molecule has 1 unspecified atom stereocenters. The molecule has 1 fully saturated rings. The van der Waals surface area contributed by atoms with Crippen molar-refractivity contribution in [3.8, 4) is 11.5 Å². The van der Waals surface area contributed by atoms with Crippen LogP contribution in [0.2, 0.25) is 0 Å². The minimum Gasteiger partial charge on any atom is -0.507 e. The van der Waals surface area contributed by atoms with E-state index in [2.05, 4.69) is 0 Å². The van der Waals surface area contributed by atoms with Crippen LogP contribution in [0.1, 0.15) is 34.1 Å². The number of ketones is 1. The zero-order chi connectivity index (χ0) is 26.6.